The number of carboxylic acid groups (broad SMARTS) is 1. The molecule has 2 rings (SSSR count). The highest BCUT2D eigenvalue weighted by Crippen LogP contribution is 2.28. The first-order valence-corrected chi connectivity index (χ1v) is 7.41. The highest BCUT2D eigenvalue weighted by atomic mass is 16.4. The topological polar surface area (TPSA) is 52.6 Å². The van der Waals surface area contributed by atoms with Crippen LogP contribution in [-0.4, -0.2) is 48.7 Å². The number of carbonyl (C=O) groups is 1. The lowest BCUT2D eigenvalue weighted by Crippen LogP contribution is -2.34. The number of likely N-dealkylation sites (tertiary alicyclic amines) is 1. The summed E-state index contributed by atoms with van der Waals surface area (Å²) in [5, 5.41) is 12.5. The second kappa shape index (κ2) is 7.10. The summed E-state index contributed by atoms with van der Waals surface area (Å²) in [5.74, 6) is 0.0143. The van der Waals surface area contributed by atoms with Crippen molar-refractivity contribution >= 4 is 5.97 Å². The highest BCUT2D eigenvalue weighted by molar-refractivity contribution is 5.69. The van der Waals surface area contributed by atoms with Gasteiger partial charge >= 0.3 is 5.97 Å². The minimum atomic E-state index is -0.601. The molecule has 2 fully saturated rings. The van der Waals surface area contributed by atoms with Crippen molar-refractivity contribution in [2.75, 3.05) is 32.7 Å². The molecule has 1 saturated heterocycles. The minimum absolute atomic E-state index is 0.0779. The number of hydrogen-bond donors (Lipinski definition) is 2. The number of nitrogens with one attached hydrogen (secondary N) is 1. The van der Waals surface area contributed by atoms with Gasteiger partial charge in [-0.1, -0.05) is 0 Å². The van der Waals surface area contributed by atoms with Gasteiger partial charge in [-0.05, 0) is 64.1 Å². The predicted molar refractivity (Wildman–Crippen MR) is 71.6 cm³/mol. The molecule has 0 amide bonds. The molecule has 1 aliphatic heterocycles. The lowest BCUT2D eigenvalue weighted by atomic mass is 9.82. The Balaban J connectivity index is 1.51. The summed E-state index contributed by atoms with van der Waals surface area (Å²) in [6, 6.07) is 0. The first-order chi connectivity index (χ1) is 8.75. The van der Waals surface area contributed by atoms with Crippen LogP contribution in [0, 0.1) is 11.8 Å². The SMILES string of the molecule is O=C(O)C1CCC(CNCCN2CCCC2)CC1. The maximum atomic E-state index is 10.8. The molecular formula is C14H26N2O2. The van der Waals surface area contributed by atoms with Crippen LogP contribution in [0.3, 0.4) is 0 Å². The molecule has 18 heavy (non-hydrogen) atoms. The van der Waals surface area contributed by atoms with Crippen LogP contribution in [0.15, 0.2) is 0 Å². The Kier molecular flexibility index (Phi) is 5.45. The van der Waals surface area contributed by atoms with Crippen LogP contribution in [-0.2, 0) is 4.79 Å². The molecule has 1 saturated carbocycles. The van der Waals surface area contributed by atoms with E-state index < -0.39 is 5.97 Å². The molecule has 1 heterocycles. The summed E-state index contributed by atoms with van der Waals surface area (Å²) in [6.45, 7) is 5.86. The zero-order valence-corrected chi connectivity index (χ0v) is 11.2. The largest absolute Gasteiger partial charge is 0.481 e. The fraction of sp³-hybridized carbons (Fsp3) is 0.929. The van der Waals surface area contributed by atoms with E-state index in [-0.39, 0.29) is 5.92 Å². The van der Waals surface area contributed by atoms with Crippen LogP contribution in [0.4, 0.5) is 0 Å². The van der Waals surface area contributed by atoms with Gasteiger partial charge < -0.3 is 15.3 Å². The lowest BCUT2D eigenvalue weighted by molar-refractivity contribution is -0.143. The van der Waals surface area contributed by atoms with Crippen molar-refractivity contribution in [3.05, 3.63) is 0 Å². The molecule has 2 aliphatic rings. The third kappa shape index (κ3) is 4.25. The van der Waals surface area contributed by atoms with Crippen LogP contribution in [0.2, 0.25) is 0 Å². The van der Waals surface area contributed by atoms with E-state index >= 15 is 0 Å². The Morgan fingerprint density at radius 1 is 1.17 bits per heavy atom. The van der Waals surface area contributed by atoms with Crippen molar-refractivity contribution in [3.8, 4) is 0 Å². The van der Waals surface area contributed by atoms with Crippen LogP contribution in [0.5, 0.6) is 0 Å². The smallest absolute Gasteiger partial charge is 0.306 e. The van der Waals surface area contributed by atoms with Crippen LogP contribution in [0.1, 0.15) is 38.5 Å². The Hall–Kier alpha value is -0.610. The average Bonchev–Trinajstić information content (AvgIpc) is 2.88. The lowest BCUT2D eigenvalue weighted by Gasteiger charge is -2.26. The van der Waals surface area contributed by atoms with Gasteiger partial charge in [0.2, 0.25) is 0 Å². The van der Waals surface area contributed by atoms with E-state index in [0.29, 0.717) is 5.92 Å². The maximum absolute atomic E-state index is 10.8. The molecule has 0 aromatic heterocycles. The van der Waals surface area contributed by atoms with E-state index in [4.69, 9.17) is 5.11 Å². The second-order valence-corrected chi connectivity index (χ2v) is 5.81. The summed E-state index contributed by atoms with van der Waals surface area (Å²) in [4.78, 5) is 13.4. The van der Waals surface area contributed by atoms with Gasteiger partial charge in [0.25, 0.3) is 0 Å². The van der Waals surface area contributed by atoms with Crippen molar-refractivity contribution in [1.29, 1.82) is 0 Å². The third-order valence-corrected chi connectivity index (χ3v) is 4.43. The summed E-state index contributed by atoms with van der Waals surface area (Å²) in [5.41, 5.74) is 0. The normalized spacial score (nSPS) is 29.6. The Bertz CT molecular complexity index is 257. The van der Waals surface area contributed by atoms with E-state index in [1.807, 2.05) is 0 Å². The van der Waals surface area contributed by atoms with Crippen LogP contribution < -0.4 is 5.32 Å². The average molecular weight is 254 g/mol. The molecule has 0 aromatic rings. The Labute approximate surface area is 110 Å². The van der Waals surface area contributed by atoms with Gasteiger partial charge in [-0.25, -0.2) is 0 Å². The number of hydrogen-bond acceptors (Lipinski definition) is 3. The Morgan fingerprint density at radius 3 is 2.44 bits per heavy atom. The molecule has 0 atom stereocenters. The van der Waals surface area contributed by atoms with Crippen LogP contribution in [0.25, 0.3) is 0 Å². The van der Waals surface area contributed by atoms with Gasteiger partial charge in [-0.2, -0.15) is 0 Å². The first-order valence-electron chi connectivity index (χ1n) is 7.41. The van der Waals surface area contributed by atoms with E-state index in [1.165, 1.54) is 32.5 Å². The van der Waals surface area contributed by atoms with Gasteiger partial charge in [-0.15, -0.1) is 0 Å². The molecule has 4 nitrogen and oxygen atoms in total. The van der Waals surface area contributed by atoms with Crippen molar-refractivity contribution in [1.82, 2.24) is 10.2 Å². The monoisotopic (exact) mass is 254 g/mol. The zero-order valence-electron chi connectivity index (χ0n) is 11.2. The van der Waals surface area contributed by atoms with E-state index in [9.17, 15) is 4.79 Å². The van der Waals surface area contributed by atoms with E-state index in [0.717, 1.165) is 38.8 Å². The van der Waals surface area contributed by atoms with Crippen molar-refractivity contribution < 1.29 is 9.90 Å². The van der Waals surface area contributed by atoms with E-state index in [2.05, 4.69) is 10.2 Å². The van der Waals surface area contributed by atoms with Crippen molar-refractivity contribution in [2.45, 2.75) is 38.5 Å². The molecule has 2 N–H and O–H groups in total. The molecule has 0 radical (unpaired) electrons. The van der Waals surface area contributed by atoms with Gasteiger partial charge in [0.15, 0.2) is 0 Å². The van der Waals surface area contributed by atoms with Crippen molar-refractivity contribution in [3.63, 3.8) is 0 Å². The highest BCUT2D eigenvalue weighted by Gasteiger charge is 2.25. The quantitative estimate of drug-likeness (QED) is 0.706. The number of rotatable bonds is 6. The molecule has 0 unspecified atom stereocenters. The predicted octanol–water partition coefficient (Wildman–Crippen LogP) is 1.56. The fourth-order valence-electron chi connectivity index (χ4n) is 3.16. The van der Waals surface area contributed by atoms with Gasteiger partial charge in [0, 0.05) is 13.1 Å². The standard InChI is InChI=1S/C14H26N2O2/c17-14(18)13-5-3-12(4-6-13)11-15-7-10-16-8-1-2-9-16/h12-13,15H,1-11H2,(H,17,18). The molecule has 0 bridgehead atoms. The number of nitrogens with zero attached hydrogens (tertiary/aromatic N) is 1. The minimum Gasteiger partial charge on any atom is -0.481 e. The number of carboxylic acids is 1. The van der Waals surface area contributed by atoms with Crippen molar-refractivity contribution in [2.24, 2.45) is 11.8 Å². The maximum Gasteiger partial charge on any atom is 0.306 e. The summed E-state index contributed by atoms with van der Waals surface area (Å²) < 4.78 is 0. The molecular weight excluding hydrogens is 228 g/mol. The van der Waals surface area contributed by atoms with Crippen LogP contribution >= 0.6 is 0 Å². The van der Waals surface area contributed by atoms with Gasteiger partial charge in [-0.3, -0.25) is 4.79 Å². The number of aliphatic carboxylic acids is 1. The summed E-state index contributed by atoms with van der Waals surface area (Å²) in [7, 11) is 0. The fourth-order valence-corrected chi connectivity index (χ4v) is 3.16. The summed E-state index contributed by atoms with van der Waals surface area (Å²) in [6.07, 6.45) is 6.61. The molecule has 4 heteroatoms. The second-order valence-electron chi connectivity index (χ2n) is 5.81. The zero-order chi connectivity index (χ0) is 12.8. The van der Waals surface area contributed by atoms with Gasteiger partial charge in [0.1, 0.15) is 0 Å². The first kappa shape index (κ1) is 13.8. The molecule has 0 spiro atoms. The summed E-state index contributed by atoms with van der Waals surface area (Å²) >= 11 is 0. The third-order valence-electron chi connectivity index (χ3n) is 4.43. The molecule has 1 aliphatic carbocycles. The van der Waals surface area contributed by atoms with Gasteiger partial charge in [0.05, 0.1) is 5.92 Å². The Morgan fingerprint density at radius 2 is 1.83 bits per heavy atom. The molecule has 0 aromatic carbocycles. The molecule has 104 valence electrons. The van der Waals surface area contributed by atoms with E-state index in [1.54, 1.807) is 0 Å².